The zero-order valence-corrected chi connectivity index (χ0v) is 10.3. The van der Waals surface area contributed by atoms with Crippen molar-refractivity contribution in [1.82, 2.24) is 5.32 Å². The van der Waals surface area contributed by atoms with E-state index in [1.54, 1.807) is 0 Å². The zero-order chi connectivity index (χ0) is 14.9. The van der Waals surface area contributed by atoms with Crippen LogP contribution in [0.2, 0.25) is 0 Å². The van der Waals surface area contributed by atoms with E-state index in [0.29, 0.717) is 6.07 Å². The first kappa shape index (κ1) is 14.4. The van der Waals surface area contributed by atoms with Gasteiger partial charge in [-0.15, -0.1) is 0 Å². The second-order valence-electron chi connectivity index (χ2n) is 4.73. The molecule has 0 aliphatic heterocycles. The fourth-order valence-corrected chi connectivity index (χ4v) is 2.51. The summed E-state index contributed by atoms with van der Waals surface area (Å²) in [5.74, 6) is -4.30. The molecule has 0 heterocycles. The quantitative estimate of drug-likeness (QED) is 0.822. The second kappa shape index (κ2) is 5.52. The number of rotatable bonds is 2. The van der Waals surface area contributed by atoms with Crippen LogP contribution in [-0.4, -0.2) is 23.0 Å². The molecule has 2 atom stereocenters. The van der Waals surface area contributed by atoms with E-state index in [1.165, 1.54) is 0 Å². The average molecular weight is 287 g/mol. The smallest absolute Gasteiger partial charge is 0.404 e. The van der Waals surface area contributed by atoms with Crippen molar-refractivity contribution in [2.75, 3.05) is 0 Å². The minimum atomic E-state index is -1.35. The minimum absolute atomic E-state index is 0.0879. The Hall–Kier alpha value is -2.05. The standard InChI is InChI=1S/C13H12F3NO3/c14-9-5-11(16)10(15)4-8(9)7-2-1-6(18)3-12(7)17-13(19)20/h4-5,7,12,17H,1-3H2,(H,19,20)/t7-,12+/m1/s1. The summed E-state index contributed by atoms with van der Waals surface area (Å²) in [5, 5.41) is 10.9. The Kier molecular flexibility index (Phi) is 3.96. The van der Waals surface area contributed by atoms with E-state index in [0.717, 1.165) is 6.07 Å². The summed E-state index contributed by atoms with van der Waals surface area (Å²) in [6.07, 6.45) is -1.10. The largest absolute Gasteiger partial charge is 0.465 e. The number of hydrogen-bond acceptors (Lipinski definition) is 2. The molecule has 1 aliphatic rings. The number of halogens is 3. The van der Waals surface area contributed by atoms with Crippen molar-refractivity contribution in [2.45, 2.75) is 31.2 Å². The highest BCUT2D eigenvalue weighted by Gasteiger charge is 2.33. The van der Waals surface area contributed by atoms with Gasteiger partial charge in [-0.2, -0.15) is 0 Å². The highest BCUT2D eigenvalue weighted by atomic mass is 19.2. The van der Waals surface area contributed by atoms with Gasteiger partial charge in [0, 0.05) is 30.9 Å². The molecule has 0 radical (unpaired) electrons. The molecule has 0 aromatic heterocycles. The lowest BCUT2D eigenvalue weighted by atomic mass is 9.79. The van der Waals surface area contributed by atoms with Crippen molar-refractivity contribution < 1.29 is 27.9 Å². The molecule has 0 bridgehead atoms. The SMILES string of the molecule is O=C1CC[C@H](c2cc(F)c(F)cc2F)[C@@H](NC(=O)O)C1. The van der Waals surface area contributed by atoms with Crippen LogP contribution in [0.3, 0.4) is 0 Å². The Morgan fingerprint density at radius 2 is 1.85 bits per heavy atom. The maximum Gasteiger partial charge on any atom is 0.404 e. The first-order valence-corrected chi connectivity index (χ1v) is 6.04. The number of hydrogen-bond donors (Lipinski definition) is 2. The molecule has 4 nitrogen and oxygen atoms in total. The summed E-state index contributed by atoms with van der Waals surface area (Å²) in [5.41, 5.74) is -0.116. The van der Waals surface area contributed by atoms with Crippen LogP contribution in [-0.2, 0) is 4.79 Å². The molecule has 1 saturated carbocycles. The van der Waals surface area contributed by atoms with Gasteiger partial charge in [0.1, 0.15) is 11.6 Å². The molecule has 0 saturated heterocycles. The van der Waals surface area contributed by atoms with Crippen LogP contribution in [0.25, 0.3) is 0 Å². The molecule has 1 fully saturated rings. The van der Waals surface area contributed by atoms with Gasteiger partial charge in [0.15, 0.2) is 11.6 Å². The highest BCUT2D eigenvalue weighted by molar-refractivity contribution is 5.81. The van der Waals surface area contributed by atoms with Gasteiger partial charge in [0.25, 0.3) is 0 Å². The number of ketones is 1. The van der Waals surface area contributed by atoms with E-state index in [9.17, 15) is 22.8 Å². The minimum Gasteiger partial charge on any atom is -0.465 e. The summed E-state index contributed by atoms with van der Waals surface area (Å²) in [4.78, 5) is 22.1. The van der Waals surface area contributed by atoms with E-state index >= 15 is 0 Å². The van der Waals surface area contributed by atoms with Gasteiger partial charge in [0.2, 0.25) is 0 Å². The van der Waals surface area contributed by atoms with Crippen LogP contribution in [0.15, 0.2) is 12.1 Å². The molecular formula is C13H12F3NO3. The fourth-order valence-electron chi connectivity index (χ4n) is 2.51. The van der Waals surface area contributed by atoms with Crippen LogP contribution >= 0.6 is 0 Å². The number of carboxylic acid groups (broad SMARTS) is 1. The van der Waals surface area contributed by atoms with Crippen molar-refractivity contribution in [3.63, 3.8) is 0 Å². The summed E-state index contributed by atoms with van der Waals surface area (Å²) >= 11 is 0. The van der Waals surface area contributed by atoms with Gasteiger partial charge < -0.3 is 10.4 Å². The Bertz CT molecular complexity index is 560. The number of carbonyl (C=O) groups is 2. The van der Waals surface area contributed by atoms with Gasteiger partial charge in [0.05, 0.1) is 0 Å². The molecule has 7 heteroatoms. The molecule has 0 unspecified atom stereocenters. The molecule has 1 aliphatic carbocycles. The zero-order valence-electron chi connectivity index (χ0n) is 10.3. The second-order valence-corrected chi connectivity index (χ2v) is 4.73. The van der Waals surface area contributed by atoms with Crippen LogP contribution in [0, 0.1) is 17.5 Å². The molecular weight excluding hydrogens is 275 g/mol. The molecule has 2 rings (SSSR count). The first-order chi connectivity index (χ1) is 9.38. The lowest BCUT2D eigenvalue weighted by Gasteiger charge is -2.31. The third-order valence-corrected chi connectivity index (χ3v) is 3.42. The van der Waals surface area contributed by atoms with Crippen molar-refractivity contribution >= 4 is 11.9 Å². The average Bonchev–Trinajstić information content (AvgIpc) is 2.34. The van der Waals surface area contributed by atoms with Crippen molar-refractivity contribution in [2.24, 2.45) is 0 Å². The molecule has 108 valence electrons. The van der Waals surface area contributed by atoms with Crippen molar-refractivity contribution in [3.8, 4) is 0 Å². The third kappa shape index (κ3) is 2.92. The van der Waals surface area contributed by atoms with E-state index in [4.69, 9.17) is 5.11 Å². The monoisotopic (exact) mass is 287 g/mol. The normalized spacial score (nSPS) is 22.6. The summed E-state index contributed by atoms with van der Waals surface area (Å²) in [6.45, 7) is 0. The molecule has 20 heavy (non-hydrogen) atoms. The maximum atomic E-state index is 13.8. The Morgan fingerprint density at radius 1 is 1.20 bits per heavy atom. The van der Waals surface area contributed by atoms with E-state index in [1.807, 2.05) is 0 Å². The lowest BCUT2D eigenvalue weighted by molar-refractivity contribution is -0.121. The molecule has 0 spiro atoms. The molecule has 1 aromatic carbocycles. The predicted octanol–water partition coefficient (Wildman–Crippen LogP) is 2.58. The molecule has 1 aromatic rings. The Labute approximate surface area is 112 Å². The molecule has 2 N–H and O–H groups in total. The fraction of sp³-hybridized carbons (Fsp3) is 0.385. The van der Waals surface area contributed by atoms with Crippen LogP contribution in [0.5, 0.6) is 0 Å². The first-order valence-electron chi connectivity index (χ1n) is 6.04. The lowest BCUT2D eigenvalue weighted by Crippen LogP contribution is -2.43. The number of carbonyl (C=O) groups excluding carboxylic acids is 1. The summed E-state index contributed by atoms with van der Waals surface area (Å²) < 4.78 is 39.9. The van der Waals surface area contributed by atoms with Gasteiger partial charge in [-0.1, -0.05) is 0 Å². The summed E-state index contributed by atoms with van der Waals surface area (Å²) in [7, 11) is 0. The number of amides is 1. The highest BCUT2D eigenvalue weighted by Crippen LogP contribution is 2.34. The van der Waals surface area contributed by atoms with E-state index in [-0.39, 0.29) is 30.6 Å². The Balaban J connectivity index is 2.35. The van der Waals surface area contributed by atoms with Gasteiger partial charge in [-0.05, 0) is 18.1 Å². The van der Waals surface area contributed by atoms with E-state index < -0.39 is 35.5 Å². The number of Topliss-reactive ketones (excluding diaryl/α,β-unsaturated/α-hetero) is 1. The van der Waals surface area contributed by atoms with Crippen LogP contribution < -0.4 is 5.32 Å². The predicted molar refractivity (Wildman–Crippen MR) is 62.9 cm³/mol. The summed E-state index contributed by atoms with van der Waals surface area (Å²) in [6, 6.07) is 0.314. The van der Waals surface area contributed by atoms with Crippen LogP contribution in [0.1, 0.15) is 30.7 Å². The van der Waals surface area contributed by atoms with Gasteiger partial charge in [-0.3, -0.25) is 4.79 Å². The van der Waals surface area contributed by atoms with Crippen molar-refractivity contribution in [1.29, 1.82) is 0 Å². The number of nitrogens with one attached hydrogen (secondary N) is 1. The van der Waals surface area contributed by atoms with Crippen LogP contribution in [0.4, 0.5) is 18.0 Å². The van der Waals surface area contributed by atoms with E-state index in [2.05, 4.69) is 5.32 Å². The third-order valence-electron chi connectivity index (χ3n) is 3.42. The topological polar surface area (TPSA) is 66.4 Å². The van der Waals surface area contributed by atoms with Gasteiger partial charge >= 0.3 is 6.09 Å². The molecule has 1 amide bonds. The number of benzene rings is 1. The van der Waals surface area contributed by atoms with Gasteiger partial charge in [-0.25, -0.2) is 18.0 Å². The Morgan fingerprint density at radius 3 is 2.50 bits per heavy atom. The maximum absolute atomic E-state index is 13.8. The van der Waals surface area contributed by atoms with Crippen molar-refractivity contribution in [3.05, 3.63) is 35.1 Å².